The largest absolute Gasteiger partial charge is 0.324 e. The lowest BCUT2D eigenvalue weighted by molar-refractivity contribution is 0.211. The van der Waals surface area contributed by atoms with Gasteiger partial charge in [0, 0.05) is 24.7 Å². The lowest BCUT2D eigenvalue weighted by Crippen LogP contribution is -2.37. The van der Waals surface area contributed by atoms with Gasteiger partial charge in [0.1, 0.15) is 5.82 Å². The van der Waals surface area contributed by atoms with Crippen LogP contribution in [0.1, 0.15) is 57.1 Å². The number of hydrogen-bond acceptors (Lipinski definition) is 1. The predicted octanol–water partition coefficient (Wildman–Crippen LogP) is 5.92. The molecule has 2 aromatic rings. The molecule has 3 nitrogen and oxygen atoms in total. The molecule has 1 atom stereocenters. The van der Waals surface area contributed by atoms with E-state index in [1.807, 2.05) is 29.2 Å². The molecule has 0 spiro atoms. The van der Waals surface area contributed by atoms with Gasteiger partial charge < -0.3 is 10.2 Å². The molecule has 0 bridgehead atoms. The van der Waals surface area contributed by atoms with Crippen LogP contribution in [0.3, 0.4) is 0 Å². The van der Waals surface area contributed by atoms with E-state index in [1.54, 1.807) is 0 Å². The first-order valence-corrected chi connectivity index (χ1v) is 9.75. The van der Waals surface area contributed by atoms with Crippen LogP contribution in [0.5, 0.6) is 0 Å². The van der Waals surface area contributed by atoms with Crippen LogP contribution in [0.2, 0.25) is 0 Å². The molecule has 1 fully saturated rings. The molecule has 0 aromatic heterocycles. The number of carbonyl (C=O) groups excluding carboxylic acids is 1. The zero-order valence-corrected chi connectivity index (χ0v) is 16.5. The van der Waals surface area contributed by atoms with E-state index < -0.39 is 0 Å². The number of amides is 2. The number of carbonyl (C=O) groups is 1. The Morgan fingerprint density at radius 3 is 2.33 bits per heavy atom. The summed E-state index contributed by atoms with van der Waals surface area (Å²) in [5, 5.41) is 3.03. The van der Waals surface area contributed by atoms with Crippen molar-refractivity contribution in [2.45, 2.75) is 51.4 Å². The number of anilines is 1. The highest BCUT2D eigenvalue weighted by Gasteiger charge is 2.23. The van der Waals surface area contributed by atoms with Crippen molar-refractivity contribution < 1.29 is 9.18 Å². The second-order valence-corrected chi connectivity index (χ2v) is 8.45. The van der Waals surface area contributed by atoms with E-state index in [4.69, 9.17) is 0 Å². The van der Waals surface area contributed by atoms with Crippen molar-refractivity contribution in [1.29, 1.82) is 0 Å². The molecule has 1 aliphatic rings. The van der Waals surface area contributed by atoms with Crippen molar-refractivity contribution in [3.05, 3.63) is 65.5 Å². The molecule has 0 radical (unpaired) electrons. The topological polar surface area (TPSA) is 32.3 Å². The number of nitrogens with zero attached hydrogens (tertiary/aromatic N) is 1. The molecular weight excluding hydrogens is 339 g/mol. The highest BCUT2D eigenvalue weighted by molar-refractivity contribution is 5.89. The normalized spacial score (nSPS) is 18.1. The van der Waals surface area contributed by atoms with E-state index in [0.717, 1.165) is 37.1 Å². The zero-order chi connectivity index (χ0) is 19.4. The maximum absolute atomic E-state index is 13.2. The highest BCUT2D eigenvalue weighted by Crippen LogP contribution is 2.27. The minimum atomic E-state index is -0.222. The van der Waals surface area contributed by atoms with Crippen LogP contribution in [0, 0.1) is 5.82 Å². The summed E-state index contributed by atoms with van der Waals surface area (Å²) >= 11 is 0. The maximum atomic E-state index is 13.2. The molecule has 4 heteroatoms. The van der Waals surface area contributed by atoms with Crippen molar-refractivity contribution in [3.8, 4) is 0 Å². The summed E-state index contributed by atoms with van der Waals surface area (Å²) in [6.45, 7) is 7.94. The van der Waals surface area contributed by atoms with Crippen LogP contribution in [-0.2, 0) is 5.41 Å². The Hall–Kier alpha value is -2.36. The van der Waals surface area contributed by atoms with Gasteiger partial charge in [0.2, 0.25) is 0 Å². The minimum Gasteiger partial charge on any atom is -0.324 e. The first-order chi connectivity index (χ1) is 12.8. The fraction of sp³-hybridized carbons (Fsp3) is 0.435. The first-order valence-electron chi connectivity index (χ1n) is 9.75. The number of halogens is 1. The van der Waals surface area contributed by atoms with Gasteiger partial charge >= 0.3 is 6.03 Å². The molecule has 27 heavy (non-hydrogen) atoms. The monoisotopic (exact) mass is 368 g/mol. The molecule has 2 aromatic carbocycles. The minimum absolute atomic E-state index is 0.0625. The van der Waals surface area contributed by atoms with E-state index in [9.17, 15) is 9.18 Å². The smallest absolute Gasteiger partial charge is 0.321 e. The van der Waals surface area contributed by atoms with Crippen molar-refractivity contribution in [2.75, 3.05) is 18.4 Å². The van der Waals surface area contributed by atoms with Gasteiger partial charge in [-0.25, -0.2) is 9.18 Å². The van der Waals surface area contributed by atoms with Crippen molar-refractivity contribution in [2.24, 2.45) is 0 Å². The summed E-state index contributed by atoms with van der Waals surface area (Å²) in [6, 6.07) is 14.7. The second kappa shape index (κ2) is 8.12. The molecule has 2 amide bonds. The van der Waals surface area contributed by atoms with Gasteiger partial charge in [0.15, 0.2) is 0 Å². The number of likely N-dealkylation sites (tertiary alicyclic amines) is 1. The predicted molar refractivity (Wildman–Crippen MR) is 109 cm³/mol. The molecule has 1 N–H and O–H groups in total. The molecular formula is C23H29FN2O. The highest BCUT2D eigenvalue weighted by atomic mass is 19.1. The van der Waals surface area contributed by atoms with Crippen LogP contribution in [0.15, 0.2) is 48.5 Å². The standard InChI is InChI=1S/C23H29FN2O/c1-23(2,3)19-9-13-21(14-10-19)25-22(27)26-15-5-4-6-18(16-26)17-7-11-20(24)12-8-17/h7-14,18H,4-6,15-16H2,1-3H3,(H,25,27). The summed E-state index contributed by atoms with van der Waals surface area (Å²) in [6.07, 6.45) is 3.09. The van der Waals surface area contributed by atoms with Gasteiger partial charge in [-0.05, 0) is 53.6 Å². The Bertz CT molecular complexity index is 762. The van der Waals surface area contributed by atoms with Crippen molar-refractivity contribution in [3.63, 3.8) is 0 Å². The van der Waals surface area contributed by atoms with E-state index in [-0.39, 0.29) is 23.2 Å². The van der Waals surface area contributed by atoms with Crippen molar-refractivity contribution in [1.82, 2.24) is 4.90 Å². The molecule has 1 unspecified atom stereocenters. The third kappa shape index (κ3) is 5.09. The maximum Gasteiger partial charge on any atom is 0.321 e. The number of rotatable bonds is 2. The first kappa shape index (κ1) is 19.4. The molecule has 1 saturated heterocycles. The van der Waals surface area contributed by atoms with Crippen LogP contribution < -0.4 is 5.32 Å². The molecule has 144 valence electrons. The molecule has 1 aliphatic heterocycles. The molecule has 0 saturated carbocycles. The summed E-state index contributed by atoms with van der Waals surface area (Å²) in [5.74, 6) is 0.0304. The van der Waals surface area contributed by atoms with E-state index >= 15 is 0 Å². The average molecular weight is 368 g/mol. The Labute approximate surface area is 161 Å². The molecule has 0 aliphatic carbocycles. The SMILES string of the molecule is CC(C)(C)c1ccc(NC(=O)N2CCCCC(c3ccc(F)cc3)C2)cc1. The Balaban J connectivity index is 1.67. The lowest BCUT2D eigenvalue weighted by atomic mass is 9.87. The van der Waals surface area contributed by atoms with Gasteiger partial charge in [0.05, 0.1) is 0 Å². The zero-order valence-electron chi connectivity index (χ0n) is 16.5. The quantitative estimate of drug-likeness (QED) is 0.700. The van der Waals surface area contributed by atoms with Gasteiger partial charge in [0.25, 0.3) is 0 Å². The van der Waals surface area contributed by atoms with Crippen molar-refractivity contribution >= 4 is 11.7 Å². The number of urea groups is 1. The summed E-state index contributed by atoms with van der Waals surface area (Å²) in [4.78, 5) is 14.7. The van der Waals surface area contributed by atoms with Crippen LogP contribution in [0.4, 0.5) is 14.9 Å². The summed E-state index contributed by atoms with van der Waals surface area (Å²) in [5.41, 5.74) is 3.25. The Morgan fingerprint density at radius 1 is 1.04 bits per heavy atom. The molecule has 1 heterocycles. The summed E-state index contributed by atoms with van der Waals surface area (Å²) in [7, 11) is 0. The van der Waals surface area contributed by atoms with Gasteiger partial charge in [-0.2, -0.15) is 0 Å². The Morgan fingerprint density at radius 2 is 1.70 bits per heavy atom. The average Bonchev–Trinajstić information content (AvgIpc) is 2.88. The summed E-state index contributed by atoms with van der Waals surface area (Å²) < 4.78 is 13.2. The van der Waals surface area contributed by atoms with E-state index in [2.05, 4.69) is 38.2 Å². The van der Waals surface area contributed by atoms with Crippen LogP contribution in [0.25, 0.3) is 0 Å². The van der Waals surface area contributed by atoms with Gasteiger partial charge in [-0.1, -0.05) is 51.5 Å². The lowest BCUT2D eigenvalue weighted by Gasteiger charge is -2.25. The third-order valence-electron chi connectivity index (χ3n) is 5.30. The van der Waals surface area contributed by atoms with E-state index in [1.165, 1.54) is 17.7 Å². The molecule has 3 rings (SSSR count). The van der Waals surface area contributed by atoms with Gasteiger partial charge in [-0.15, -0.1) is 0 Å². The van der Waals surface area contributed by atoms with E-state index in [0.29, 0.717) is 6.54 Å². The van der Waals surface area contributed by atoms with Crippen LogP contribution in [-0.4, -0.2) is 24.0 Å². The second-order valence-electron chi connectivity index (χ2n) is 8.45. The number of benzene rings is 2. The Kier molecular flexibility index (Phi) is 5.83. The van der Waals surface area contributed by atoms with Crippen LogP contribution >= 0.6 is 0 Å². The fourth-order valence-corrected chi connectivity index (χ4v) is 3.59. The fourth-order valence-electron chi connectivity index (χ4n) is 3.59. The number of hydrogen-bond donors (Lipinski definition) is 1. The van der Waals surface area contributed by atoms with Gasteiger partial charge in [-0.3, -0.25) is 0 Å². The number of nitrogens with one attached hydrogen (secondary N) is 1. The third-order valence-corrected chi connectivity index (χ3v) is 5.30.